The van der Waals surface area contributed by atoms with Gasteiger partial charge in [-0.05, 0) is 34.2 Å². The van der Waals surface area contributed by atoms with Crippen LogP contribution in [0.15, 0.2) is 16.8 Å². The van der Waals surface area contributed by atoms with Crippen molar-refractivity contribution >= 4 is 11.3 Å². The molecule has 1 N–H and O–H groups in total. The fourth-order valence-corrected chi connectivity index (χ4v) is 3.46. The molecule has 2 unspecified atom stereocenters. The van der Waals surface area contributed by atoms with Gasteiger partial charge in [-0.15, -0.1) is 0 Å². The van der Waals surface area contributed by atoms with Gasteiger partial charge >= 0.3 is 0 Å². The molecule has 0 bridgehead atoms. The van der Waals surface area contributed by atoms with E-state index in [9.17, 15) is 0 Å². The number of rotatable bonds is 3. The van der Waals surface area contributed by atoms with Gasteiger partial charge in [0.1, 0.15) is 0 Å². The second kappa shape index (κ2) is 5.72. The number of nitrogens with zero attached hydrogens (tertiary/aromatic N) is 1. The predicted octanol–water partition coefficient (Wildman–Crippen LogP) is 3.35. The number of hydrogen-bond donors (Lipinski definition) is 1. The monoisotopic (exact) mass is 266 g/mol. The van der Waals surface area contributed by atoms with Gasteiger partial charge in [-0.1, -0.05) is 27.7 Å². The first-order valence-corrected chi connectivity index (χ1v) is 7.93. The van der Waals surface area contributed by atoms with E-state index in [2.05, 4.69) is 54.7 Å². The third-order valence-electron chi connectivity index (χ3n) is 3.95. The molecule has 0 radical (unpaired) electrons. The zero-order valence-corrected chi connectivity index (χ0v) is 12.9. The number of nitrogens with one attached hydrogen (secondary N) is 1. The summed E-state index contributed by atoms with van der Waals surface area (Å²) in [5.41, 5.74) is 1.80. The summed E-state index contributed by atoms with van der Waals surface area (Å²) < 4.78 is 0. The maximum Gasteiger partial charge on any atom is 0.0273 e. The van der Waals surface area contributed by atoms with Crippen molar-refractivity contribution in [3.8, 4) is 0 Å². The molecule has 1 aliphatic heterocycles. The molecule has 1 aromatic rings. The normalized spacial score (nSPS) is 26.4. The fourth-order valence-electron chi connectivity index (χ4n) is 2.80. The Balaban J connectivity index is 2.09. The average molecular weight is 266 g/mol. The Hall–Kier alpha value is -0.380. The summed E-state index contributed by atoms with van der Waals surface area (Å²) >= 11 is 1.80. The fraction of sp³-hybridized carbons (Fsp3) is 0.733. The molecule has 3 heteroatoms. The summed E-state index contributed by atoms with van der Waals surface area (Å²) in [5, 5.41) is 8.16. The first-order chi connectivity index (χ1) is 8.50. The molecule has 0 aromatic carbocycles. The summed E-state index contributed by atoms with van der Waals surface area (Å²) in [6.07, 6.45) is 1.22. The molecule has 2 heterocycles. The average Bonchev–Trinajstić information content (AvgIpc) is 2.80. The van der Waals surface area contributed by atoms with E-state index in [4.69, 9.17) is 0 Å². The Morgan fingerprint density at radius 1 is 1.44 bits per heavy atom. The molecular formula is C15H26N2S. The quantitative estimate of drug-likeness (QED) is 0.902. The van der Waals surface area contributed by atoms with Crippen molar-refractivity contribution in [2.24, 2.45) is 5.41 Å². The van der Waals surface area contributed by atoms with Gasteiger partial charge in [0.25, 0.3) is 0 Å². The van der Waals surface area contributed by atoms with Gasteiger partial charge in [-0.25, -0.2) is 0 Å². The van der Waals surface area contributed by atoms with Crippen molar-refractivity contribution in [2.45, 2.75) is 52.7 Å². The van der Waals surface area contributed by atoms with Crippen LogP contribution >= 0.6 is 11.3 Å². The van der Waals surface area contributed by atoms with Crippen LogP contribution in [-0.2, 0) is 6.54 Å². The second-order valence-electron chi connectivity index (χ2n) is 6.46. The topological polar surface area (TPSA) is 15.3 Å². The molecule has 2 rings (SSSR count). The Morgan fingerprint density at radius 2 is 2.22 bits per heavy atom. The lowest BCUT2D eigenvalue weighted by atomic mass is 9.83. The Labute approximate surface area is 115 Å². The minimum Gasteiger partial charge on any atom is -0.311 e. The van der Waals surface area contributed by atoms with E-state index >= 15 is 0 Å². The van der Waals surface area contributed by atoms with Crippen LogP contribution in [0.3, 0.4) is 0 Å². The standard InChI is InChI=1S/C15H26N2S/c1-5-13-10-17(9-12-6-7-18-11-12)14(8-16-13)15(2,3)4/h6-7,11,13-14,16H,5,8-10H2,1-4H3. The van der Waals surface area contributed by atoms with E-state index in [1.807, 2.05) is 0 Å². The first kappa shape index (κ1) is 14.0. The van der Waals surface area contributed by atoms with E-state index in [0.29, 0.717) is 17.5 Å². The minimum atomic E-state index is 0.335. The molecule has 18 heavy (non-hydrogen) atoms. The summed E-state index contributed by atoms with van der Waals surface area (Å²) in [4.78, 5) is 2.67. The van der Waals surface area contributed by atoms with Crippen LogP contribution in [0.5, 0.6) is 0 Å². The van der Waals surface area contributed by atoms with Crippen molar-refractivity contribution in [1.82, 2.24) is 10.2 Å². The van der Waals surface area contributed by atoms with Crippen LogP contribution in [0.4, 0.5) is 0 Å². The van der Waals surface area contributed by atoms with Gasteiger partial charge in [-0.3, -0.25) is 4.90 Å². The maximum absolute atomic E-state index is 3.70. The van der Waals surface area contributed by atoms with Crippen LogP contribution in [0.25, 0.3) is 0 Å². The number of piperazine rings is 1. The molecule has 2 nitrogen and oxygen atoms in total. The zero-order valence-electron chi connectivity index (χ0n) is 12.1. The molecule has 102 valence electrons. The highest BCUT2D eigenvalue weighted by Crippen LogP contribution is 2.28. The van der Waals surface area contributed by atoms with Crippen molar-refractivity contribution in [3.63, 3.8) is 0 Å². The van der Waals surface area contributed by atoms with E-state index < -0.39 is 0 Å². The smallest absolute Gasteiger partial charge is 0.0273 e. The number of hydrogen-bond acceptors (Lipinski definition) is 3. The van der Waals surface area contributed by atoms with E-state index in [-0.39, 0.29) is 0 Å². The molecular weight excluding hydrogens is 240 g/mol. The van der Waals surface area contributed by atoms with Crippen LogP contribution < -0.4 is 5.32 Å². The maximum atomic E-state index is 3.70. The lowest BCUT2D eigenvalue weighted by Crippen LogP contribution is -2.59. The molecule has 0 spiro atoms. The third-order valence-corrected chi connectivity index (χ3v) is 4.69. The van der Waals surface area contributed by atoms with E-state index in [1.54, 1.807) is 11.3 Å². The van der Waals surface area contributed by atoms with Crippen LogP contribution in [-0.4, -0.2) is 30.1 Å². The highest BCUT2D eigenvalue weighted by atomic mass is 32.1. The van der Waals surface area contributed by atoms with Gasteiger partial charge in [-0.2, -0.15) is 11.3 Å². The van der Waals surface area contributed by atoms with Gasteiger partial charge < -0.3 is 5.32 Å². The molecule has 0 saturated carbocycles. The lowest BCUT2D eigenvalue weighted by molar-refractivity contribution is 0.0486. The highest BCUT2D eigenvalue weighted by molar-refractivity contribution is 7.07. The van der Waals surface area contributed by atoms with Gasteiger partial charge in [0.15, 0.2) is 0 Å². The van der Waals surface area contributed by atoms with Crippen molar-refractivity contribution in [1.29, 1.82) is 0 Å². The summed E-state index contributed by atoms with van der Waals surface area (Å²) in [6.45, 7) is 12.7. The van der Waals surface area contributed by atoms with Gasteiger partial charge in [0.2, 0.25) is 0 Å². The van der Waals surface area contributed by atoms with Crippen LogP contribution in [0, 0.1) is 5.41 Å². The molecule has 1 aliphatic rings. The van der Waals surface area contributed by atoms with Crippen LogP contribution in [0.1, 0.15) is 39.7 Å². The molecule has 1 aromatic heterocycles. The summed E-state index contributed by atoms with van der Waals surface area (Å²) in [5.74, 6) is 0. The second-order valence-corrected chi connectivity index (χ2v) is 7.24. The van der Waals surface area contributed by atoms with Gasteiger partial charge in [0, 0.05) is 31.7 Å². The lowest BCUT2D eigenvalue weighted by Gasteiger charge is -2.46. The van der Waals surface area contributed by atoms with Crippen molar-refractivity contribution < 1.29 is 0 Å². The highest BCUT2D eigenvalue weighted by Gasteiger charge is 2.34. The predicted molar refractivity (Wildman–Crippen MR) is 80.1 cm³/mol. The van der Waals surface area contributed by atoms with Crippen molar-refractivity contribution in [3.05, 3.63) is 22.4 Å². The molecule has 2 atom stereocenters. The third kappa shape index (κ3) is 3.34. The Bertz CT molecular complexity index is 353. The van der Waals surface area contributed by atoms with Gasteiger partial charge in [0.05, 0.1) is 0 Å². The zero-order chi connectivity index (χ0) is 13.2. The SMILES string of the molecule is CCC1CN(Cc2ccsc2)C(C(C)(C)C)CN1. The van der Waals surface area contributed by atoms with Crippen LogP contribution in [0.2, 0.25) is 0 Å². The first-order valence-electron chi connectivity index (χ1n) is 6.99. The largest absolute Gasteiger partial charge is 0.311 e. The van der Waals surface area contributed by atoms with Crippen molar-refractivity contribution in [2.75, 3.05) is 13.1 Å². The summed E-state index contributed by atoms with van der Waals surface area (Å²) in [6, 6.07) is 3.54. The molecule has 1 saturated heterocycles. The summed E-state index contributed by atoms with van der Waals surface area (Å²) in [7, 11) is 0. The Morgan fingerprint density at radius 3 is 2.78 bits per heavy atom. The van der Waals surface area contributed by atoms with E-state index in [0.717, 1.165) is 13.1 Å². The molecule has 0 aliphatic carbocycles. The van der Waals surface area contributed by atoms with E-state index in [1.165, 1.54) is 18.5 Å². The molecule has 1 fully saturated rings. The Kier molecular flexibility index (Phi) is 4.46. The number of thiophene rings is 1. The minimum absolute atomic E-state index is 0.335. The molecule has 0 amide bonds.